The van der Waals surface area contributed by atoms with Crippen LogP contribution in [0.2, 0.25) is 0 Å². The fourth-order valence-electron chi connectivity index (χ4n) is 2.79. The molecule has 1 unspecified atom stereocenters. The molecule has 18 heavy (non-hydrogen) atoms. The second-order valence-electron chi connectivity index (χ2n) is 5.55. The Labute approximate surface area is 111 Å². The standard InChI is InChI=1S/C16H26N2/c1-4-18(12-16-6-5-9-17-16)11-15-8-7-13(2)10-14(15)3/h7-8,10,16-17H,4-6,9,11-12H2,1-3H3. The van der Waals surface area contributed by atoms with Gasteiger partial charge in [-0.05, 0) is 50.9 Å². The minimum atomic E-state index is 0.704. The number of aryl methyl sites for hydroxylation is 2. The van der Waals surface area contributed by atoms with Gasteiger partial charge >= 0.3 is 0 Å². The molecule has 0 aromatic heterocycles. The van der Waals surface area contributed by atoms with Gasteiger partial charge in [-0.1, -0.05) is 30.7 Å². The fourth-order valence-corrected chi connectivity index (χ4v) is 2.79. The molecule has 1 aliphatic heterocycles. The van der Waals surface area contributed by atoms with E-state index in [-0.39, 0.29) is 0 Å². The van der Waals surface area contributed by atoms with Crippen molar-refractivity contribution in [2.75, 3.05) is 19.6 Å². The maximum atomic E-state index is 3.59. The summed E-state index contributed by atoms with van der Waals surface area (Å²) in [5.74, 6) is 0. The summed E-state index contributed by atoms with van der Waals surface area (Å²) in [5.41, 5.74) is 4.25. The smallest absolute Gasteiger partial charge is 0.0236 e. The number of benzene rings is 1. The lowest BCUT2D eigenvalue weighted by Gasteiger charge is -2.25. The lowest BCUT2D eigenvalue weighted by atomic mass is 10.0. The highest BCUT2D eigenvalue weighted by molar-refractivity contribution is 5.30. The van der Waals surface area contributed by atoms with Crippen molar-refractivity contribution in [2.45, 2.75) is 46.2 Å². The molecule has 2 nitrogen and oxygen atoms in total. The van der Waals surface area contributed by atoms with E-state index in [0.717, 1.165) is 13.1 Å². The van der Waals surface area contributed by atoms with E-state index < -0.39 is 0 Å². The molecule has 1 aliphatic rings. The lowest BCUT2D eigenvalue weighted by molar-refractivity contribution is 0.253. The molecule has 1 aromatic rings. The van der Waals surface area contributed by atoms with Crippen LogP contribution in [-0.4, -0.2) is 30.6 Å². The molecular formula is C16H26N2. The molecule has 0 aliphatic carbocycles. The second kappa shape index (κ2) is 6.35. The van der Waals surface area contributed by atoms with Crippen LogP contribution in [0.1, 0.15) is 36.5 Å². The van der Waals surface area contributed by atoms with Crippen molar-refractivity contribution >= 4 is 0 Å². The van der Waals surface area contributed by atoms with Gasteiger partial charge < -0.3 is 5.32 Å². The average Bonchev–Trinajstić information content (AvgIpc) is 2.84. The van der Waals surface area contributed by atoms with E-state index in [2.05, 4.69) is 49.2 Å². The highest BCUT2D eigenvalue weighted by atomic mass is 15.1. The van der Waals surface area contributed by atoms with Gasteiger partial charge in [0.15, 0.2) is 0 Å². The monoisotopic (exact) mass is 246 g/mol. The number of likely N-dealkylation sites (N-methyl/N-ethyl adjacent to an activating group) is 1. The Morgan fingerprint density at radius 3 is 2.78 bits per heavy atom. The van der Waals surface area contributed by atoms with Crippen LogP contribution in [0.4, 0.5) is 0 Å². The van der Waals surface area contributed by atoms with Gasteiger partial charge in [-0.25, -0.2) is 0 Å². The van der Waals surface area contributed by atoms with Crippen LogP contribution in [0, 0.1) is 13.8 Å². The van der Waals surface area contributed by atoms with Gasteiger partial charge in [0.05, 0.1) is 0 Å². The number of hydrogen-bond donors (Lipinski definition) is 1. The zero-order chi connectivity index (χ0) is 13.0. The van der Waals surface area contributed by atoms with E-state index in [1.165, 1.54) is 42.6 Å². The first-order chi connectivity index (χ1) is 8.69. The maximum absolute atomic E-state index is 3.59. The zero-order valence-corrected chi connectivity index (χ0v) is 12.0. The van der Waals surface area contributed by atoms with E-state index >= 15 is 0 Å². The molecule has 0 radical (unpaired) electrons. The Kier molecular flexibility index (Phi) is 4.79. The first-order valence-electron chi connectivity index (χ1n) is 7.21. The van der Waals surface area contributed by atoms with Crippen LogP contribution in [0.5, 0.6) is 0 Å². The molecule has 1 heterocycles. The first-order valence-corrected chi connectivity index (χ1v) is 7.21. The molecule has 1 fully saturated rings. The van der Waals surface area contributed by atoms with E-state index in [4.69, 9.17) is 0 Å². The Morgan fingerprint density at radius 1 is 1.33 bits per heavy atom. The summed E-state index contributed by atoms with van der Waals surface area (Å²) in [6.07, 6.45) is 2.68. The molecule has 0 amide bonds. The van der Waals surface area contributed by atoms with Gasteiger partial charge in [-0.3, -0.25) is 4.90 Å². The summed E-state index contributed by atoms with van der Waals surface area (Å²) >= 11 is 0. The SMILES string of the molecule is CCN(Cc1ccc(C)cc1C)CC1CCCN1. The van der Waals surface area contributed by atoms with Crippen LogP contribution >= 0.6 is 0 Å². The largest absolute Gasteiger partial charge is 0.313 e. The Morgan fingerprint density at radius 2 is 2.17 bits per heavy atom. The molecule has 0 bridgehead atoms. The Balaban J connectivity index is 1.96. The van der Waals surface area contributed by atoms with E-state index in [1.807, 2.05) is 0 Å². The van der Waals surface area contributed by atoms with E-state index in [0.29, 0.717) is 6.04 Å². The summed E-state index contributed by atoms with van der Waals surface area (Å²) in [4.78, 5) is 2.56. The molecule has 0 saturated carbocycles. The van der Waals surface area contributed by atoms with E-state index in [1.54, 1.807) is 0 Å². The number of hydrogen-bond acceptors (Lipinski definition) is 2. The van der Waals surface area contributed by atoms with Crippen molar-refractivity contribution in [3.05, 3.63) is 34.9 Å². The average molecular weight is 246 g/mol. The molecule has 100 valence electrons. The quantitative estimate of drug-likeness (QED) is 0.859. The zero-order valence-electron chi connectivity index (χ0n) is 12.0. The highest BCUT2D eigenvalue weighted by Gasteiger charge is 2.17. The fraction of sp³-hybridized carbons (Fsp3) is 0.625. The van der Waals surface area contributed by atoms with Gasteiger partial charge in [0.2, 0.25) is 0 Å². The van der Waals surface area contributed by atoms with Gasteiger partial charge in [-0.2, -0.15) is 0 Å². The second-order valence-corrected chi connectivity index (χ2v) is 5.55. The molecular weight excluding hydrogens is 220 g/mol. The van der Waals surface area contributed by atoms with Gasteiger partial charge in [-0.15, -0.1) is 0 Å². The van der Waals surface area contributed by atoms with Crippen LogP contribution < -0.4 is 5.32 Å². The highest BCUT2D eigenvalue weighted by Crippen LogP contribution is 2.14. The third-order valence-electron chi connectivity index (χ3n) is 3.98. The number of nitrogens with one attached hydrogen (secondary N) is 1. The van der Waals surface area contributed by atoms with Crippen molar-refractivity contribution in [3.8, 4) is 0 Å². The van der Waals surface area contributed by atoms with Crippen LogP contribution in [0.3, 0.4) is 0 Å². The first kappa shape index (κ1) is 13.6. The van der Waals surface area contributed by atoms with Crippen molar-refractivity contribution in [2.24, 2.45) is 0 Å². The van der Waals surface area contributed by atoms with E-state index in [9.17, 15) is 0 Å². The molecule has 2 rings (SSSR count). The third kappa shape index (κ3) is 3.56. The Hall–Kier alpha value is -0.860. The Bertz CT molecular complexity index is 381. The van der Waals surface area contributed by atoms with Gasteiger partial charge in [0.1, 0.15) is 0 Å². The predicted molar refractivity (Wildman–Crippen MR) is 77.9 cm³/mol. The number of nitrogens with zero attached hydrogens (tertiary/aromatic N) is 1. The minimum Gasteiger partial charge on any atom is -0.313 e. The van der Waals surface area contributed by atoms with Crippen molar-refractivity contribution < 1.29 is 0 Å². The minimum absolute atomic E-state index is 0.704. The molecule has 1 aromatic carbocycles. The summed E-state index contributed by atoms with van der Waals surface area (Å²) in [6, 6.07) is 7.51. The van der Waals surface area contributed by atoms with Crippen LogP contribution in [-0.2, 0) is 6.54 Å². The van der Waals surface area contributed by atoms with Crippen LogP contribution in [0.25, 0.3) is 0 Å². The third-order valence-corrected chi connectivity index (χ3v) is 3.98. The molecule has 2 heteroatoms. The van der Waals surface area contributed by atoms with Crippen molar-refractivity contribution in [1.29, 1.82) is 0 Å². The normalized spacial score (nSPS) is 19.7. The van der Waals surface area contributed by atoms with Crippen molar-refractivity contribution in [3.63, 3.8) is 0 Å². The predicted octanol–water partition coefficient (Wildman–Crippen LogP) is 2.88. The summed E-state index contributed by atoms with van der Waals surface area (Å²) in [7, 11) is 0. The summed E-state index contributed by atoms with van der Waals surface area (Å²) < 4.78 is 0. The molecule has 1 N–H and O–H groups in total. The van der Waals surface area contributed by atoms with Gasteiger partial charge in [0.25, 0.3) is 0 Å². The molecule has 1 saturated heterocycles. The molecule has 0 spiro atoms. The maximum Gasteiger partial charge on any atom is 0.0236 e. The molecule has 1 atom stereocenters. The number of rotatable bonds is 5. The van der Waals surface area contributed by atoms with Gasteiger partial charge in [0, 0.05) is 19.1 Å². The summed E-state index contributed by atoms with van der Waals surface area (Å²) in [6.45, 7) is 11.3. The van der Waals surface area contributed by atoms with Crippen molar-refractivity contribution in [1.82, 2.24) is 10.2 Å². The summed E-state index contributed by atoms with van der Waals surface area (Å²) in [5, 5.41) is 3.59. The van der Waals surface area contributed by atoms with Crippen LogP contribution in [0.15, 0.2) is 18.2 Å². The lowest BCUT2D eigenvalue weighted by Crippen LogP contribution is -2.37. The topological polar surface area (TPSA) is 15.3 Å².